The number of nitrogens with one attached hydrogen (secondary N) is 1. The van der Waals surface area contributed by atoms with E-state index in [1.807, 2.05) is 19.1 Å². The van der Waals surface area contributed by atoms with E-state index in [-0.39, 0.29) is 17.5 Å². The first-order valence-electron chi connectivity index (χ1n) is 15.9. The summed E-state index contributed by atoms with van der Waals surface area (Å²) < 4.78 is 3.32. The van der Waals surface area contributed by atoms with Crippen molar-refractivity contribution in [3.8, 4) is 5.82 Å². The first kappa shape index (κ1) is 27.5. The molecular formula is C34H40N8O2. The molecule has 4 aromatic rings. The zero-order valence-electron chi connectivity index (χ0n) is 25.7. The van der Waals surface area contributed by atoms with Crippen LogP contribution in [0.25, 0.3) is 16.9 Å². The second kappa shape index (κ2) is 9.74. The van der Waals surface area contributed by atoms with Gasteiger partial charge in [0.2, 0.25) is 5.95 Å². The van der Waals surface area contributed by atoms with Crippen molar-refractivity contribution in [1.82, 2.24) is 29.2 Å². The maximum atomic E-state index is 13.5. The highest BCUT2D eigenvalue weighted by Gasteiger charge is 2.59. The van der Waals surface area contributed by atoms with Gasteiger partial charge in [-0.15, -0.1) is 6.58 Å². The lowest BCUT2D eigenvalue weighted by molar-refractivity contribution is -0.0371. The normalized spacial score (nSPS) is 25.2. The highest BCUT2D eigenvalue weighted by molar-refractivity contribution is 5.77. The summed E-state index contributed by atoms with van der Waals surface area (Å²) in [4.78, 5) is 32.9. The zero-order valence-corrected chi connectivity index (χ0v) is 25.7. The Morgan fingerprint density at radius 3 is 2.52 bits per heavy atom. The van der Waals surface area contributed by atoms with Gasteiger partial charge in [0.1, 0.15) is 11.0 Å². The molecule has 1 aromatic carbocycles. The summed E-state index contributed by atoms with van der Waals surface area (Å²) in [6, 6.07) is 14.2. The first-order valence-corrected chi connectivity index (χ1v) is 15.9. The number of rotatable bonds is 7. The van der Waals surface area contributed by atoms with Crippen molar-refractivity contribution in [2.45, 2.75) is 83.1 Å². The third-order valence-electron chi connectivity index (χ3n) is 10.7. The molecule has 2 N–H and O–H groups in total. The molecule has 10 nitrogen and oxygen atoms in total. The van der Waals surface area contributed by atoms with Crippen LogP contribution in [0.3, 0.4) is 0 Å². The Hall–Kier alpha value is -4.02. The van der Waals surface area contributed by atoms with Gasteiger partial charge in [-0.2, -0.15) is 4.98 Å². The Balaban J connectivity index is 1.11. The van der Waals surface area contributed by atoms with E-state index in [0.29, 0.717) is 46.6 Å². The van der Waals surface area contributed by atoms with Crippen LogP contribution < -0.4 is 15.8 Å². The van der Waals surface area contributed by atoms with Crippen LogP contribution in [0.2, 0.25) is 0 Å². The fraction of sp³-hybridized carbons (Fsp3) is 0.471. The molecule has 4 fully saturated rings. The number of aliphatic hydroxyl groups is 1. The number of fused-ring (bicyclic) bond motifs is 4. The maximum Gasteiger partial charge on any atom is 0.278 e. The average Bonchev–Trinajstić information content (AvgIpc) is 3.76. The molecule has 1 spiro atoms. The van der Waals surface area contributed by atoms with E-state index in [4.69, 9.17) is 9.97 Å². The third kappa shape index (κ3) is 4.07. The predicted molar refractivity (Wildman–Crippen MR) is 172 cm³/mol. The van der Waals surface area contributed by atoms with Gasteiger partial charge in [-0.25, -0.2) is 19.3 Å². The standard InChI is InChI=1S/C34H40N8O2/c1-5-16-40-31(43)27-18-35-32(36-23-7-9-24(10-8-23)39-19-25-17-26(20-39)41(25)21(2)3)38-30(27)42(40)28-11-6-22-12-13-34(14-15-34)33(4,44)29(22)37-28/h5-11,18,21,25-26,44H,1,12-17,19-20H2,2-4H3,(H,35,36,38)/t25?,26?,33-/m1/s1. The molecule has 3 saturated heterocycles. The van der Waals surface area contributed by atoms with E-state index >= 15 is 0 Å². The molecule has 3 aromatic heterocycles. The van der Waals surface area contributed by atoms with Crippen molar-refractivity contribution in [2.75, 3.05) is 23.3 Å². The van der Waals surface area contributed by atoms with Crippen LogP contribution in [0.4, 0.5) is 17.3 Å². The summed E-state index contributed by atoms with van der Waals surface area (Å²) in [5.74, 6) is 0.934. The number of aryl methyl sites for hydroxylation is 1. The lowest BCUT2D eigenvalue weighted by atomic mass is 9.72. The second-order valence-corrected chi connectivity index (χ2v) is 13.6. The Morgan fingerprint density at radius 2 is 1.84 bits per heavy atom. The fourth-order valence-corrected chi connectivity index (χ4v) is 8.16. The van der Waals surface area contributed by atoms with Gasteiger partial charge in [-0.1, -0.05) is 12.1 Å². The smallest absolute Gasteiger partial charge is 0.278 e. The molecule has 0 amide bonds. The van der Waals surface area contributed by atoms with Crippen molar-refractivity contribution in [3.05, 3.63) is 76.9 Å². The third-order valence-corrected chi connectivity index (χ3v) is 10.7. The van der Waals surface area contributed by atoms with Crippen LogP contribution in [0, 0.1) is 5.41 Å². The van der Waals surface area contributed by atoms with E-state index in [0.717, 1.165) is 50.0 Å². The summed E-state index contributed by atoms with van der Waals surface area (Å²) >= 11 is 0. The van der Waals surface area contributed by atoms with Crippen LogP contribution in [-0.4, -0.2) is 65.5 Å². The lowest BCUT2D eigenvalue weighted by Crippen LogP contribution is -2.70. The largest absolute Gasteiger partial charge is 0.383 e. The molecule has 0 radical (unpaired) electrons. The van der Waals surface area contributed by atoms with Crippen molar-refractivity contribution >= 4 is 28.4 Å². The van der Waals surface area contributed by atoms with Gasteiger partial charge in [0.05, 0.1) is 12.2 Å². The number of hydrogen-bond donors (Lipinski definition) is 2. The predicted octanol–water partition coefficient (Wildman–Crippen LogP) is 4.51. The van der Waals surface area contributed by atoms with Crippen LogP contribution in [-0.2, 0) is 18.6 Å². The van der Waals surface area contributed by atoms with Crippen LogP contribution >= 0.6 is 0 Å². The SMILES string of the molecule is C=CCn1c(=O)c2cnc(Nc3ccc(N4CC5CC(C4)N5C(C)C)cc3)nc2n1-c1ccc2c(n1)[C@@](C)(O)C1(CC2)CC1. The number of anilines is 3. The molecule has 9 rings (SSSR count). The number of piperazine rings is 1. The molecule has 5 aliphatic rings. The lowest BCUT2D eigenvalue weighted by Gasteiger charge is -2.58. The van der Waals surface area contributed by atoms with Crippen LogP contribution in [0.15, 0.2) is 60.0 Å². The Bertz CT molecular complexity index is 1820. The van der Waals surface area contributed by atoms with Crippen LogP contribution in [0.5, 0.6) is 0 Å². The maximum absolute atomic E-state index is 13.5. The quantitative estimate of drug-likeness (QED) is 0.302. The van der Waals surface area contributed by atoms with Gasteiger partial charge in [0.15, 0.2) is 11.5 Å². The molecule has 228 valence electrons. The number of pyridine rings is 1. The fourth-order valence-electron chi connectivity index (χ4n) is 8.16. The number of allylic oxidation sites excluding steroid dienone is 1. The summed E-state index contributed by atoms with van der Waals surface area (Å²) in [5, 5.41) is 15.4. The van der Waals surface area contributed by atoms with Gasteiger partial charge < -0.3 is 15.3 Å². The van der Waals surface area contributed by atoms with E-state index in [1.54, 1.807) is 21.6 Å². The van der Waals surface area contributed by atoms with Crippen molar-refractivity contribution in [3.63, 3.8) is 0 Å². The summed E-state index contributed by atoms with van der Waals surface area (Å²) in [5.41, 5.74) is 2.99. The molecule has 2 bridgehead atoms. The molecular weight excluding hydrogens is 552 g/mol. The molecule has 3 atom stereocenters. The molecule has 1 saturated carbocycles. The summed E-state index contributed by atoms with van der Waals surface area (Å²) in [7, 11) is 0. The first-order chi connectivity index (χ1) is 21.2. The van der Waals surface area contributed by atoms with E-state index in [9.17, 15) is 9.90 Å². The average molecular weight is 593 g/mol. The van der Waals surface area contributed by atoms with Gasteiger partial charge in [0.25, 0.3) is 5.56 Å². The Morgan fingerprint density at radius 1 is 1.09 bits per heavy atom. The van der Waals surface area contributed by atoms with Gasteiger partial charge in [0, 0.05) is 54.2 Å². The minimum absolute atomic E-state index is 0.0945. The molecule has 2 aliphatic carbocycles. The monoisotopic (exact) mass is 592 g/mol. The highest BCUT2D eigenvalue weighted by atomic mass is 16.3. The molecule has 6 heterocycles. The van der Waals surface area contributed by atoms with Gasteiger partial charge in [-0.3, -0.25) is 9.69 Å². The van der Waals surface area contributed by atoms with E-state index < -0.39 is 5.60 Å². The van der Waals surface area contributed by atoms with Gasteiger partial charge >= 0.3 is 0 Å². The van der Waals surface area contributed by atoms with E-state index in [2.05, 4.69) is 64.8 Å². The summed E-state index contributed by atoms with van der Waals surface area (Å²) in [6.07, 6.45) is 8.46. The number of aromatic nitrogens is 5. The van der Waals surface area contributed by atoms with Crippen molar-refractivity contribution in [2.24, 2.45) is 5.41 Å². The molecule has 2 unspecified atom stereocenters. The number of hydrogen-bond acceptors (Lipinski definition) is 8. The van der Waals surface area contributed by atoms with Crippen LogP contribution in [0.1, 0.15) is 57.7 Å². The highest BCUT2D eigenvalue weighted by Crippen LogP contribution is 2.63. The Labute approximate surface area is 257 Å². The van der Waals surface area contributed by atoms with Crippen molar-refractivity contribution in [1.29, 1.82) is 0 Å². The Kier molecular flexibility index (Phi) is 6.09. The summed E-state index contributed by atoms with van der Waals surface area (Å²) in [6.45, 7) is 12.8. The molecule has 3 aliphatic heterocycles. The molecule has 44 heavy (non-hydrogen) atoms. The van der Waals surface area contributed by atoms with E-state index in [1.165, 1.54) is 12.1 Å². The van der Waals surface area contributed by atoms with Gasteiger partial charge in [-0.05, 0) is 88.8 Å². The topological polar surface area (TPSA) is 104 Å². The second-order valence-electron chi connectivity index (χ2n) is 13.6. The minimum Gasteiger partial charge on any atom is -0.383 e. The number of nitrogens with zero attached hydrogens (tertiary/aromatic N) is 7. The van der Waals surface area contributed by atoms with Crippen molar-refractivity contribution < 1.29 is 5.11 Å². The number of piperidine rings is 1. The molecule has 10 heteroatoms. The zero-order chi connectivity index (χ0) is 30.4. The minimum atomic E-state index is -1.01. The number of benzene rings is 1.